The van der Waals surface area contributed by atoms with Gasteiger partial charge in [-0.2, -0.15) is 11.3 Å². The summed E-state index contributed by atoms with van der Waals surface area (Å²) in [5.41, 5.74) is 0.988. The van der Waals surface area contributed by atoms with E-state index in [1.165, 1.54) is 11.3 Å². The van der Waals surface area contributed by atoms with Crippen molar-refractivity contribution in [2.24, 2.45) is 0 Å². The molecule has 0 unspecified atom stereocenters. The van der Waals surface area contributed by atoms with E-state index in [0.29, 0.717) is 0 Å². The molecule has 2 rings (SSSR count). The minimum absolute atomic E-state index is 0.122. The summed E-state index contributed by atoms with van der Waals surface area (Å²) in [6, 6.07) is 1.93. The van der Waals surface area contributed by atoms with Gasteiger partial charge in [-0.25, -0.2) is 9.78 Å². The quantitative estimate of drug-likeness (QED) is 0.898. The van der Waals surface area contributed by atoms with Crippen molar-refractivity contribution >= 4 is 28.6 Å². The molecule has 2 aromatic rings. The van der Waals surface area contributed by atoms with Crippen molar-refractivity contribution in [2.75, 3.05) is 0 Å². The number of aromatic nitrogens is 1. The fourth-order valence-electron chi connectivity index (χ4n) is 1.38. The molecule has 0 aliphatic heterocycles. The van der Waals surface area contributed by atoms with Crippen LogP contribution in [0.3, 0.4) is 0 Å². The van der Waals surface area contributed by atoms with E-state index in [4.69, 9.17) is 0 Å². The number of rotatable bonds is 2. The van der Waals surface area contributed by atoms with Crippen molar-refractivity contribution in [1.82, 2.24) is 4.98 Å². The summed E-state index contributed by atoms with van der Waals surface area (Å²) in [5, 5.41) is 13.9. The zero-order valence-corrected chi connectivity index (χ0v) is 11.5. The van der Waals surface area contributed by atoms with Crippen molar-refractivity contribution in [3.8, 4) is 10.4 Å². The molecule has 0 aliphatic carbocycles. The van der Waals surface area contributed by atoms with Crippen LogP contribution in [-0.4, -0.2) is 16.1 Å². The van der Waals surface area contributed by atoms with Gasteiger partial charge in [-0.1, -0.05) is 20.8 Å². The molecule has 0 amide bonds. The maximum atomic E-state index is 11.2. The smallest absolute Gasteiger partial charge is 0.356 e. The molecule has 0 radical (unpaired) electrons. The predicted octanol–water partition coefficient (Wildman–Crippen LogP) is 3.87. The molecule has 0 saturated carbocycles. The number of carboxylic acids is 1. The van der Waals surface area contributed by atoms with Crippen molar-refractivity contribution in [2.45, 2.75) is 26.2 Å². The van der Waals surface area contributed by atoms with Gasteiger partial charge in [0.15, 0.2) is 5.69 Å². The second-order valence-corrected chi connectivity index (χ2v) is 6.54. The normalized spacial score (nSPS) is 11.7. The van der Waals surface area contributed by atoms with Gasteiger partial charge in [-0.3, -0.25) is 0 Å². The van der Waals surface area contributed by atoms with Gasteiger partial charge in [0.25, 0.3) is 0 Å². The Kier molecular flexibility index (Phi) is 3.05. The van der Waals surface area contributed by atoms with Gasteiger partial charge in [0.05, 0.1) is 9.88 Å². The van der Waals surface area contributed by atoms with Gasteiger partial charge in [-0.05, 0) is 16.8 Å². The van der Waals surface area contributed by atoms with Gasteiger partial charge in [0.1, 0.15) is 0 Å². The Bertz CT molecular complexity index is 535. The van der Waals surface area contributed by atoms with Gasteiger partial charge in [0.2, 0.25) is 0 Å². The summed E-state index contributed by atoms with van der Waals surface area (Å²) in [7, 11) is 0. The molecule has 17 heavy (non-hydrogen) atoms. The molecule has 2 aromatic heterocycles. The second-order valence-electron chi connectivity index (χ2n) is 4.76. The Balaban J connectivity index is 2.58. The number of thiazole rings is 1. The van der Waals surface area contributed by atoms with Gasteiger partial charge in [0, 0.05) is 11.0 Å². The lowest BCUT2D eigenvalue weighted by Crippen LogP contribution is -2.11. The zero-order chi connectivity index (χ0) is 12.6. The molecule has 1 N–H and O–H groups in total. The highest BCUT2D eigenvalue weighted by molar-refractivity contribution is 7.16. The molecule has 0 bridgehead atoms. The lowest BCUT2D eigenvalue weighted by molar-refractivity contribution is 0.0692. The van der Waals surface area contributed by atoms with Crippen molar-refractivity contribution in [1.29, 1.82) is 0 Å². The van der Waals surface area contributed by atoms with Crippen LogP contribution in [0.2, 0.25) is 0 Å². The van der Waals surface area contributed by atoms with Crippen LogP contribution < -0.4 is 0 Å². The second kappa shape index (κ2) is 4.23. The Labute approximate surface area is 108 Å². The largest absolute Gasteiger partial charge is 0.476 e. The highest BCUT2D eigenvalue weighted by Gasteiger charge is 2.25. The monoisotopic (exact) mass is 267 g/mol. The van der Waals surface area contributed by atoms with E-state index in [0.717, 1.165) is 15.4 Å². The number of hydrogen-bond acceptors (Lipinski definition) is 4. The molecule has 5 heteroatoms. The molecule has 3 nitrogen and oxygen atoms in total. The Morgan fingerprint density at radius 2 is 2.12 bits per heavy atom. The summed E-state index contributed by atoms with van der Waals surface area (Å²) in [4.78, 5) is 16.2. The topological polar surface area (TPSA) is 50.2 Å². The van der Waals surface area contributed by atoms with Crippen LogP contribution in [-0.2, 0) is 5.41 Å². The predicted molar refractivity (Wildman–Crippen MR) is 71.1 cm³/mol. The zero-order valence-electron chi connectivity index (χ0n) is 9.85. The lowest BCUT2D eigenvalue weighted by atomic mass is 9.98. The first kappa shape index (κ1) is 12.3. The van der Waals surface area contributed by atoms with Gasteiger partial charge < -0.3 is 5.11 Å². The average Bonchev–Trinajstić information content (AvgIpc) is 2.85. The van der Waals surface area contributed by atoms with Gasteiger partial charge in [-0.15, -0.1) is 11.3 Å². The Morgan fingerprint density at radius 3 is 2.59 bits per heavy atom. The number of thiophene rings is 1. The molecule has 0 saturated heterocycles. The average molecular weight is 267 g/mol. The van der Waals surface area contributed by atoms with E-state index in [-0.39, 0.29) is 11.1 Å². The van der Waals surface area contributed by atoms with E-state index >= 15 is 0 Å². The summed E-state index contributed by atoms with van der Waals surface area (Å²) in [5.74, 6) is -0.960. The molecular formula is C12H13NO2S2. The van der Waals surface area contributed by atoms with Gasteiger partial charge >= 0.3 is 5.97 Å². The lowest BCUT2D eigenvalue weighted by Gasteiger charge is -2.13. The molecule has 0 spiro atoms. The standard InChI is InChI=1S/C12H13NO2S2/c1-12(2,3)11-13-8(10(14)15)9(17-11)7-4-5-16-6-7/h4-6H,1-3H3,(H,14,15). The van der Waals surface area contributed by atoms with Crippen LogP contribution in [0.4, 0.5) is 0 Å². The fraction of sp³-hybridized carbons (Fsp3) is 0.333. The van der Waals surface area contributed by atoms with E-state index in [9.17, 15) is 9.90 Å². The van der Waals surface area contributed by atoms with Crippen LogP contribution in [0.25, 0.3) is 10.4 Å². The summed E-state index contributed by atoms with van der Waals surface area (Å²) >= 11 is 3.02. The van der Waals surface area contributed by atoms with Crippen molar-refractivity contribution < 1.29 is 9.90 Å². The molecule has 90 valence electrons. The number of carboxylic acid groups (broad SMARTS) is 1. The first-order valence-corrected chi connectivity index (χ1v) is 6.92. The highest BCUT2D eigenvalue weighted by Crippen LogP contribution is 2.36. The van der Waals surface area contributed by atoms with Crippen LogP contribution in [0.15, 0.2) is 16.8 Å². The van der Waals surface area contributed by atoms with E-state index in [1.54, 1.807) is 11.3 Å². The SMILES string of the molecule is CC(C)(C)c1nc(C(=O)O)c(-c2ccsc2)s1. The summed E-state index contributed by atoms with van der Waals surface area (Å²) in [6.07, 6.45) is 0. The highest BCUT2D eigenvalue weighted by atomic mass is 32.1. The molecule has 0 atom stereocenters. The van der Waals surface area contributed by atoms with Crippen molar-refractivity contribution in [3.63, 3.8) is 0 Å². The molecular weight excluding hydrogens is 254 g/mol. The van der Waals surface area contributed by atoms with E-state index in [1.807, 2.05) is 37.6 Å². The number of carbonyl (C=O) groups is 1. The number of nitrogens with zero attached hydrogens (tertiary/aromatic N) is 1. The minimum Gasteiger partial charge on any atom is -0.476 e. The maximum Gasteiger partial charge on any atom is 0.356 e. The molecule has 0 aliphatic rings. The molecule has 0 fully saturated rings. The Hall–Kier alpha value is -1.20. The first-order valence-electron chi connectivity index (χ1n) is 5.17. The third kappa shape index (κ3) is 2.40. The fourth-order valence-corrected chi connectivity index (χ4v) is 3.21. The van der Waals surface area contributed by atoms with E-state index in [2.05, 4.69) is 4.98 Å². The maximum absolute atomic E-state index is 11.2. The number of hydrogen-bond donors (Lipinski definition) is 1. The third-order valence-electron chi connectivity index (χ3n) is 2.25. The van der Waals surface area contributed by atoms with Crippen LogP contribution in [0.1, 0.15) is 36.3 Å². The molecule has 2 heterocycles. The van der Waals surface area contributed by atoms with Crippen LogP contribution in [0, 0.1) is 0 Å². The summed E-state index contributed by atoms with van der Waals surface area (Å²) < 4.78 is 0. The molecule has 0 aromatic carbocycles. The van der Waals surface area contributed by atoms with Crippen LogP contribution in [0.5, 0.6) is 0 Å². The van der Waals surface area contributed by atoms with E-state index < -0.39 is 5.97 Å². The third-order valence-corrected chi connectivity index (χ3v) is 4.47. The van der Waals surface area contributed by atoms with Crippen LogP contribution >= 0.6 is 22.7 Å². The van der Waals surface area contributed by atoms with Crippen molar-refractivity contribution in [3.05, 3.63) is 27.5 Å². The number of aromatic carboxylic acids is 1. The summed E-state index contributed by atoms with van der Waals surface area (Å²) in [6.45, 7) is 6.11. The Morgan fingerprint density at radius 1 is 1.41 bits per heavy atom. The first-order chi connectivity index (χ1) is 7.89. The minimum atomic E-state index is -0.960.